The first-order chi connectivity index (χ1) is 13.6. The molecule has 0 spiro atoms. The highest BCUT2D eigenvalue weighted by molar-refractivity contribution is 6.62. The van der Waals surface area contributed by atoms with Crippen LogP contribution in [0.3, 0.4) is 0 Å². The van der Waals surface area contributed by atoms with Gasteiger partial charge in [0.15, 0.2) is 0 Å². The molecule has 4 rings (SSSR count). The molecular weight excluding hydrogens is 363 g/mol. The van der Waals surface area contributed by atoms with E-state index in [0.717, 1.165) is 40.0 Å². The molecule has 0 saturated carbocycles. The van der Waals surface area contributed by atoms with Crippen LogP contribution in [0.1, 0.15) is 59.0 Å². The van der Waals surface area contributed by atoms with E-state index in [4.69, 9.17) is 14.3 Å². The predicted molar refractivity (Wildman–Crippen MR) is 117 cm³/mol. The van der Waals surface area contributed by atoms with Gasteiger partial charge in [0, 0.05) is 12.1 Å². The Kier molecular flexibility index (Phi) is 4.84. The Morgan fingerprint density at radius 1 is 1.03 bits per heavy atom. The first kappa shape index (κ1) is 20.1. The van der Waals surface area contributed by atoms with Gasteiger partial charge in [0.2, 0.25) is 0 Å². The highest BCUT2D eigenvalue weighted by atomic mass is 16.7. The van der Waals surface area contributed by atoms with Crippen LogP contribution in [0.2, 0.25) is 0 Å². The number of nitrogens with zero attached hydrogens (tertiary/aromatic N) is 2. The summed E-state index contributed by atoms with van der Waals surface area (Å²) in [6, 6.07) is 14.2. The maximum absolute atomic E-state index is 9.78. The summed E-state index contributed by atoms with van der Waals surface area (Å²) in [6.45, 7) is 12.1. The van der Waals surface area contributed by atoms with Crippen molar-refractivity contribution in [2.24, 2.45) is 0 Å². The third kappa shape index (κ3) is 3.39. The van der Waals surface area contributed by atoms with Gasteiger partial charge in [0.1, 0.15) is 5.82 Å². The maximum Gasteiger partial charge on any atom is 0.494 e. The molecule has 0 bridgehead atoms. The van der Waals surface area contributed by atoms with Crippen LogP contribution in [0.4, 0.5) is 0 Å². The number of rotatable bonds is 4. The Labute approximate surface area is 172 Å². The van der Waals surface area contributed by atoms with Crippen molar-refractivity contribution in [1.82, 2.24) is 9.55 Å². The molecule has 0 amide bonds. The average molecular weight is 392 g/mol. The quantitative estimate of drug-likeness (QED) is 0.684. The standard InChI is InChI=1S/C23H29BN2O3/c1-7-21-25-19-14-17(24-28-22(3,4)23(5,6)29-24)10-13-20(19)26(21)18-11-8-16(9-12-18)15(2)27/h8-15,27H,7H2,1-6H3. The highest BCUT2D eigenvalue weighted by Crippen LogP contribution is 2.36. The van der Waals surface area contributed by atoms with Gasteiger partial charge in [-0.2, -0.15) is 0 Å². The molecule has 3 aromatic rings. The molecule has 5 nitrogen and oxygen atoms in total. The molecular formula is C23H29BN2O3. The van der Waals surface area contributed by atoms with Crippen LogP contribution in [-0.2, 0) is 15.7 Å². The van der Waals surface area contributed by atoms with Crippen molar-refractivity contribution in [1.29, 1.82) is 0 Å². The fraction of sp³-hybridized carbons (Fsp3) is 0.435. The molecule has 152 valence electrons. The zero-order valence-corrected chi connectivity index (χ0v) is 18.1. The number of aryl methyl sites for hydroxylation is 1. The van der Waals surface area contributed by atoms with Crippen LogP contribution >= 0.6 is 0 Å². The van der Waals surface area contributed by atoms with Crippen molar-refractivity contribution in [3.8, 4) is 5.69 Å². The molecule has 1 N–H and O–H groups in total. The summed E-state index contributed by atoms with van der Waals surface area (Å²) in [6.07, 6.45) is 0.343. The molecule has 29 heavy (non-hydrogen) atoms. The highest BCUT2D eigenvalue weighted by Gasteiger charge is 2.51. The van der Waals surface area contributed by atoms with E-state index in [2.05, 4.69) is 57.4 Å². The van der Waals surface area contributed by atoms with Crippen LogP contribution < -0.4 is 5.46 Å². The lowest BCUT2D eigenvalue weighted by Gasteiger charge is -2.32. The van der Waals surface area contributed by atoms with Crippen molar-refractivity contribution in [2.75, 3.05) is 0 Å². The largest absolute Gasteiger partial charge is 0.494 e. The Morgan fingerprint density at radius 2 is 1.66 bits per heavy atom. The molecule has 1 unspecified atom stereocenters. The molecule has 2 aromatic carbocycles. The van der Waals surface area contributed by atoms with Crippen LogP contribution in [0.15, 0.2) is 42.5 Å². The van der Waals surface area contributed by atoms with Crippen LogP contribution in [0.5, 0.6) is 0 Å². The molecule has 6 heteroatoms. The normalized spacial score (nSPS) is 19.1. The molecule has 1 aliphatic heterocycles. The van der Waals surface area contributed by atoms with E-state index in [1.54, 1.807) is 6.92 Å². The van der Waals surface area contributed by atoms with Crippen molar-refractivity contribution in [3.63, 3.8) is 0 Å². The lowest BCUT2D eigenvalue weighted by molar-refractivity contribution is 0.00578. The lowest BCUT2D eigenvalue weighted by atomic mass is 9.79. The summed E-state index contributed by atoms with van der Waals surface area (Å²) in [5.41, 5.74) is 4.16. The van der Waals surface area contributed by atoms with Gasteiger partial charge >= 0.3 is 7.12 Å². The Balaban J connectivity index is 1.75. The zero-order chi connectivity index (χ0) is 21.0. The van der Waals surface area contributed by atoms with Gasteiger partial charge in [-0.25, -0.2) is 4.98 Å². The number of benzene rings is 2. The van der Waals surface area contributed by atoms with E-state index in [-0.39, 0.29) is 11.2 Å². The SMILES string of the molecule is CCc1nc2cc(B3OC(C)(C)C(C)(C)O3)ccc2n1-c1ccc(C(C)O)cc1. The monoisotopic (exact) mass is 392 g/mol. The number of hydrogen-bond acceptors (Lipinski definition) is 4. The van der Waals surface area contributed by atoms with Crippen LogP contribution in [-0.4, -0.2) is 33.0 Å². The van der Waals surface area contributed by atoms with Crippen molar-refractivity contribution in [3.05, 3.63) is 53.9 Å². The average Bonchev–Trinajstić information content (AvgIpc) is 3.14. The van der Waals surface area contributed by atoms with Gasteiger partial charge in [0.05, 0.1) is 28.3 Å². The summed E-state index contributed by atoms with van der Waals surface area (Å²) >= 11 is 0. The molecule has 2 heterocycles. The Morgan fingerprint density at radius 3 is 2.21 bits per heavy atom. The van der Waals surface area contributed by atoms with E-state index in [1.165, 1.54) is 0 Å². The predicted octanol–water partition coefficient (Wildman–Crippen LogP) is 3.94. The van der Waals surface area contributed by atoms with E-state index in [0.29, 0.717) is 0 Å². The van der Waals surface area contributed by atoms with E-state index in [9.17, 15) is 5.11 Å². The van der Waals surface area contributed by atoms with Crippen molar-refractivity contribution < 1.29 is 14.4 Å². The molecule has 0 radical (unpaired) electrons. The smallest absolute Gasteiger partial charge is 0.399 e. The summed E-state index contributed by atoms with van der Waals surface area (Å²) in [5, 5.41) is 9.78. The second kappa shape index (κ2) is 6.97. The number of aromatic nitrogens is 2. The van der Waals surface area contributed by atoms with Crippen LogP contribution in [0, 0.1) is 0 Å². The molecule has 0 aliphatic carbocycles. The van der Waals surface area contributed by atoms with E-state index >= 15 is 0 Å². The zero-order valence-electron chi connectivity index (χ0n) is 18.1. The minimum absolute atomic E-state index is 0.369. The molecule has 1 aromatic heterocycles. The van der Waals surface area contributed by atoms with Gasteiger partial charge in [-0.1, -0.05) is 25.1 Å². The Bertz CT molecular complexity index is 1020. The number of aliphatic hydroxyl groups excluding tert-OH is 1. The molecule has 1 fully saturated rings. The van der Waals surface area contributed by atoms with Crippen molar-refractivity contribution >= 4 is 23.6 Å². The van der Waals surface area contributed by atoms with Crippen LogP contribution in [0.25, 0.3) is 16.7 Å². The lowest BCUT2D eigenvalue weighted by Crippen LogP contribution is -2.41. The van der Waals surface area contributed by atoms with Gasteiger partial charge in [-0.3, -0.25) is 4.57 Å². The number of hydrogen-bond donors (Lipinski definition) is 1. The fourth-order valence-corrected chi connectivity index (χ4v) is 3.70. The van der Waals surface area contributed by atoms with Gasteiger partial charge < -0.3 is 14.4 Å². The third-order valence-electron chi connectivity index (χ3n) is 6.22. The minimum atomic E-state index is -0.475. The van der Waals surface area contributed by atoms with Gasteiger partial charge in [-0.05, 0) is 69.9 Å². The summed E-state index contributed by atoms with van der Waals surface area (Å²) in [5.74, 6) is 0.996. The number of fused-ring (bicyclic) bond motifs is 1. The minimum Gasteiger partial charge on any atom is -0.399 e. The number of imidazole rings is 1. The first-order valence-electron chi connectivity index (χ1n) is 10.3. The fourth-order valence-electron chi connectivity index (χ4n) is 3.70. The summed E-state index contributed by atoms with van der Waals surface area (Å²) < 4.78 is 14.6. The number of aliphatic hydroxyl groups is 1. The topological polar surface area (TPSA) is 56.5 Å². The third-order valence-corrected chi connectivity index (χ3v) is 6.22. The first-order valence-corrected chi connectivity index (χ1v) is 10.3. The van der Waals surface area contributed by atoms with E-state index in [1.807, 2.05) is 24.3 Å². The molecule has 1 saturated heterocycles. The molecule has 1 aliphatic rings. The van der Waals surface area contributed by atoms with Gasteiger partial charge in [-0.15, -0.1) is 0 Å². The second-order valence-electron chi connectivity index (χ2n) is 8.82. The maximum atomic E-state index is 9.78. The van der Waals surface area contributed by atoms with Gasteiger partial charge in [0.25, 0.3) is 0 Å². The van der Waals surface area contributed by atoms with Crippen molar-refractivity contribution in [2.45, 2.75) is 65.3 Å². The summed E-state index contributed by atoms with van der Waals surface area (Å²) in [7, 11) is -0.398. The van der Waals surface area contributed by atoms with E-state index < -0.39 is 13.2 Å². The Hall–Kier alpha value is -2.15. The molecule has 1 atom stereocenters. The second-order valence-corrected chi connectivity index (χ2v) is 8.82. The summed E-state index contributed by atoms with van der Waals surface area (Å²) in [4.78, 5) is 4.87.